The summed E-state index contributed by atoms with van der Waals surface area (Å²) in [4.78, 5) is 34.9. The van der Waals surface area contributed by atoms with Gasteiger partial charge >= 0.3 is 6.09 Å². The lowest BCUT2D eigenvalue weighted by Gasteiger charge is -2.27. The maximum absolute atomic E-state index is 13.6. The number of alkyl halides is 2. The normalized spacial score (nSPS) is 17.0. The lowest BCUT2D eigenvalue weighted by molar-refractivity contribution is -0.129. The molecule has 2 N–H and O–H groups in total. The summed E-state index contributed by atoms with van der Waals surface area (Å²) in [5.74, 6) is -1.41. The van der Waals surface area contributed by atoms with Crippen molar-refractivity contribution in [1.82, 2.24) is 25.0 Å². The lowest BCUT2D eigenvalue weighted by atomic mass is 9.87. The third-order valence-corrected chi connectivity index (χ3v) is 6.64. The number of guanidine groups is 1. The molecule has 1 unspecified atom stereocenters. The van der Waals surface area contributed by atoms with Crippen molar-refractivity contribution < 1.29 is 28.2 Å². The minimum Gasteiger partial charge on any atom is -0.443 e. The molecule has 14 heteroatoms. The highest BCUT2D eigenvalue weighted by atomic mass is 35.5. The second-order valence-corrected chi connectivity index (χ2v) is 10.2. The molecule has 2 heterocycles. The van der Waals surface area contributed by atoms with Crippen LogP contribution in [0.5, 0.6) is 0 Å². The van der Waals surface area contributed by atoms with Crippen LogP contribution in [0.3, 0.4) is 0 Å². The molecule has 2 amide bonds. The second-order valence-electron chi connectivity index (χ2n) is 9.82. The van der Waals surface area contributed by atoms with Crippen LogP contribution >= 0.6 is 11.6 Å². The summed E-state index contributed by atoms with van der Waals surface area (Å²) >= 11 is 6.29. The first-order valence-corrected chi connectivity index (χ1v) is 12.8. The van der Waals surface area contributed by atoms with Crippen molar-refractivity contribution in [2.45, 2.75) is 45.4 Å². The minimum absolute atomic E-state index is 0.0398. The van der Waals surface area contributed by atoms with Crippen LogP contribution in [0, 0.1) is 16.7 Å². The van der Waals surface area contributed by atoms with Gasteiger partial charge in [-0.15, -0.1) is 4.99 Å². The van der Waals surface area contributed by atoms with Gasteiger partial charge in [0.2, 0.25) is 5.96 Å². The molecule has 1 saturated heterocycles. The smallest absolute Gasteiger partial charge is 0.437 e. The molecule has 4 rings (SSSR count). The van der Waals surface area contributed by atoms with E-state index in [2.05, 4.69) is 26.5 Å². The largest absolute Gasteiger partial charge is 0.443 e. The van der Waals surface area contributed by atoms with Crippen molar-refractivity contribution in [2.75, 3.05) is 6.61 Å². The molecule has 0 saturated carbocycles. The van der Waals surface area contributed by atoms with E-state index in [4.69, 9.17) is 16.3 Å². The Hall–Kier alpha value is -4.41. The van der Waals surface area contributed by atoms with Gasteiger partial charge in [-0.1, -0.05) is 48.0 Å². The Morgan fingerprint density at radius 1 is 1.29 bits per heavy atom. The van der Waals surface area contributed by atoms with Crippen molar-refractivity contribution in [3.8, 4) is 11.8 Å². The highest BCUT2D eigenvalue weighted by molar-refractivity contribution is 6.32. The van der Waals surface area contributed by atoms with Gasteiger partial charge in [-0.2, -0.15) is 10.4 Å². The number of benzene rings is 2. The molecule has 3 aromatic rings. The Balaban J connectivity index is 1.70. The summed E-state index contributed by atoms with van der Waals surface area (Å²) in [6, 6.07) is 13.2. The van der Waals surface area contributed by atoms with Gasteiger partial charge in [0.1, 0.15) is 19.0 Å². The van der Waals surface area contributed by atoms with Gasteiger partial charge in [0.15, 0.2) is 5.82 Å². The zero-order valence-electron chi connectivity index (χ0n) is 22.0. The van der Waals surface area contributed by atoms with Crippen LogP contribution in [-0.4, -0.2) is 55.4 Å². The van der Waals surface area contributed by atoms with Crippen molar-refractivity contribution in [3.05, 3.63) is 76.8 Å². The molecule has 2 atom stereocenters. The van der Waals surface area contributed by atoms with E-state index in [1.807, 2.05) is 6.07 Å². The Morgan fingerprint density at radius 3 is 2.68 bits per heavy atom. The van der Waals surface area contributed by atoms with Crippen LogP contribution < -0.4 is 5.32 Å². The number of aliphatic hydroxyl groups is 1. The molecule has 0 bridgehead atoms. The highest BCUT2D eigenvalue weighted by Crippen LogP contribution is 2.33. The average molecular weight is 586 g/mol. The fourth-order valence-electron chi connectivity index (χ4n) is 4.30. The molecule has 41 heavy (non-hydrogen) atoms. The fourth-order valence-corrected chi connectivity index (χ4v) is 4.50. The van der Waals surface area contributed by atoms with E-state index in [1.54, 1.807) is 38.1 Å². The molecule has 214 valence electrons. The fraction of sp³-hybridized carbons (Fsp3) is 0.333. The Morgan fingerprint density at radius 2 is 2.02 bits per heavy atom. The average Bonchev–Trinajstić information content (AvgIpc) is 3.55. The van der Waals surface area contributed by atoms with Crippen LogP contribution in [0.1, 0.15) is 49.7 Å². The number of aliphatic imine (C=N–C) groups is 1. The van der Waals surface area contributed by atoms with Gasteiger partial charge in [-0.3, -0.25) is 9.69 Å². The number of aliphatic hydroxyl groups excluding tert-OH is 1. The van der Waals surface area contributed by atoms with Gasteiger partial charge in [0, 0.05) is 0 Å². The summed E-state index contributed by atoms with van der Waals surface area (Å²) < 4.78 is 33.1. The minimum atomic E-state index is -2.94. The first-order chi connectivity index (χ1) is 19.5. The maximum Gasteiger partial charge on any atom is 0.437 e. The third-order valence-electron chi connectivity index (χ3n) is 6.32. The highest BCUT2D eigenvalue weighted by Gasteiger charge is 2.44. The van der Waals surface area contributed by atoms with Gasteiger partial charge in [-0.05, 0) is 43.5 Å². The molecule has 1 fully saturated rings. The van der Waals surface area contributed by atoms with Gasteiger partial charge in [0.05, 0.1) is 34.8 Å². The Kier molecular flexibility index (Phi) is 8.95. The van der Waals surface area contributed by atoms with Crippen LogP contribution in [0.25, 0.3) is 5.69 Å². The number of nitrogens with zero attached hydrogens (tertiary/aromatic N) is 6. The number of nitriles is 1. The van der Waals surface area contributed by atoms with E-state index < -0.39 is 48.4 Å². The number of amides is 2. The lowest BCUT2D eigenvalue weighted by Crippen LogP contribution is -2.39. The molecule has 2 aromatic carbocycles. The van der Waals surface area contributed by atoms with Gasteiger partial charge < -0.3 is 15.2 Å². The first-order valence-electron chi connectivity index (χ1n) is 12.4. The van der Waals surface area contributed by atoms with E-state index in [-0.39, 0.29) is 35.3 Å². The number of nitrogens with one attached hydrogen (secondary N) is 1. The summed E-state index contributed by atoms with van der Waals surface area (Å²) in [5, 5.41) is 26.7. The predicted molar refractivity (Wildman–Crippen MR) is 143 cm³/mol. The maximum atomic E-state index is 13.6. The van der Waals surface area contributed by atoms with Gasteiger partial charge in [-0.25, -0.2) is 23.2 Å². The van der Waals surface area contributed by atoms with E-state index in [0.717, 1.165) is 21.5 Å². The molecule has 1 aromatic heterocycles. The summed E-state index contributed by atoms with van der Waals surface area (Å²) in [7, 11) is 0. The summed E-state index contributed by atoms with van der Waals surface area (Å²) in [6.07, 6.45) is -2.92. The molecule has 0 spiro atoms. The predicted octanol–water partition coefficient (Wildman–Crippen LogP) is 4.32. The van der Waals surface area contributed by atoms with Crippen molar-refractivity contribution >= 4 is 29.6 Å². The number of hydrogen-bond donors (Lipinski definition) is 2. The number of hydrogen-bond acceptors (Lipinski definition) is 7. The van der Waals surface area contributed by atoms with Crippen LogP contribution in [0.2, 0.25) is 5.02 Å². The van der Waals surface area contributed by atoms with E-state index >= 15 is 0 Å². The van der Waals surface area contributed by atoms with Crippen molar-refractivity contribution in [2.24, 2.45) is 10.4 Å². The van der Waals surface area contributed by atoms with Crippen LogP contribution in [-0.2, 0) is 16.1 Å². The van der Waals surface area contributed by atoms with E-state index in [0.29, 0.717) is 0 Å². The second kappa shape index (κ2) is 12.4. The number of aromatic nitrogens is 3. The summed E-state index contributed by atoms with van der Waals surface area (Å²) in [5.41, 5.74) is 0.130. The summed E-state index contributed by atoms with van der Waals surface area (Å²) in [6.45, 7) is 2.61. The van der Waals surface area contributed by atoms with E-state index in [1.165, 1.54) is 18.2 Å². The van der Waals surface area contributed by atoms with Crippen molar-refractivity contribution in [1.29, 1.82) is 5.26 Å². The number of rotatable bonds is 9. The van der Waals surface area contributed by atoms with Crippen molar-refractivity contribution in [3.63, 3.8) is 0 Å². The molecule has 11 nitrogen and oxygen atoms in total. The Bertz CT molecular complexity index is 1490. The first kappa shape index (κ1) is 29.6. The number of carbonyl (C=O) groups is 2. The van der Waals surface area contributed by atoms with Crippen LogP contribution in [0.4, 0.5) is 13.6 Å². The monoisotopic (exact) mass is 585 g/mol. The molecular formula is C27H26ClF2N7O4. The topological polar surface area (TPSA) is 146 Å². The molecule has 0 aliphatic carbocycles. The van der Waals surface area contributed by atoms with E-state index in [9.17, 15) is 28.7 Å². The molecular weight excluding hydrogens is 560 g/mol. The molecule has 1 aliphatic rings. The molecule has 1 aliphatic heterocycles. The molecule has 0 radical (unpaired) electrons. The number of ether oxygens (including phenoxy) is 1. The quantitative estimate of drug-likeness (QED) is 0.377. The number of carbonyl (C=O) groups excluding carboxylic acids is 2. The number of halogens is 3. The zero-order chi connectivity index (χ0) is 29.7. The standard InChI is InChI=1S/C27H26ClF2N7O4/c1-27(2,14-31)11-19-24(39)36(25(34-19)35-26(40)41-13-16-6-4-3-5-7-16)21(12-38)17-8-9-18(28)20(10-17)37-23(22(29)30)32-15-33-37/h3-10,15,19,21-22,38H,11-13H2,1-2H3,(H,34,35,40)/t19?,21-/m1/s1. The van der Waals surface area contributed by atoms with Crippen LogP contribution in [0.15, 0.2) is 59.9 Å². The SMILES string of the molecule is CC(C)(C#N)CC1NC(=NC(=O)OCc2ccccc2)N([C@H](CO)c2ccc(Cl)c(-n3ncnc3C(F)F)c2)C1=O. The Labute approximate surface area is 239 Å². The third kappa shape index (κ3) is 6.67. The zero-order valence-corrected chi connectivity index (χ0v) is 22.8. The van der Waals surface area contributed by atoms with Gasteiger partial charge in [0.25, 0.3) is 12.3 Å².